The third kappa shape index (κ3) is 3.54. The fourth-order valence-electron chi connectivity index (χ4n) is 2.19. The molecule has 0 spiro atoms. The van der Waals surface area contributed by atoms with Crippen LogP contribution in [0.1, 0.15) is 46.0 Å². The molecule has 1 unspecified atom stereocenters. The molecule has 2 heterocycles. The van der Waals surface area contributed by atoms with Crippen LogP contribution in [0.4, 0.5) is 0 Å². The number of carbonyl (C=O) groups excluding carboxylic acids is 1. The molecule has 0 aromatic carbocycles. The zero-order valence-electron chi connectivity index (χ0n) is 10.9. The lowest BCUT2D eigenvalue weighted by Gasteiger charge is -2.35. The van der Waals surface area contributed by atoms with Gasteiger partial charge in [-0.3, -0.25) is 4.79 Å². The molecule has 104 valence electrons. The Labute approximate surface area is 115 Å². The van der Waals surface area contributed by atoms with Crippen LogP contribution >= 0.6 is 11.3 Å². The van der Waals surface area contributed by atoms with Gasteiger partial charge in [-0.1, -0.05) is 0 Å². The van der Waals surface area contributed by atoms with E-state index in [0.717, 1.165) is 24.2 Å². The Morgan fingerprint density at radius 2 is 2.11 bits per heavy atom. The minimum atomic E-state index is -1.00. The molecule has 1 saturated heterocycles. The summed E-state index contributed by atoms with van der Waals surface area (Å²) in [5.41, 5.74) is -0.224. The van der Waals surface area contributed by atoms with Gasteiger partial charge in [0, 0.05) is 12.6 Å². The number of carbonyl (C=O) groups is 2. The summed E-state index contributed by atoms with van der Waals surface area (Å²) in [6.07, 6.45) is 1.54. The first-order valence-corrected chi connectivity index (χ1v) is 6.97. The largest absolute Gasteiger partial charge is 0.477 e. The minimum absolute atomic E-state index is 0.0756. The summed E-state index contributed by atoms with van der Waals surface area (Å²) >= 11 is 0.995. The second-order valence-corrected chi connectivity index (χ2v) is 6.32. The number of ether oxygens (including phenoxy) is 1. The fraction of sp³-hybridized carbons (Fsp3) is 0.538. The van der Waals surface area contributed by atoms with E-state index in [2.05, 4.69) is 5.32 Å². The second kappa shape index (κ2) is 5.30. The van der Waals surface area contributed by atoms with Crippen LogP contribution in [0.2, 0.25) is 0 Å². The molecular weight excluding hydrogens is 266 g/mol. The van der Waals surface area contributed by atoms with Crippen molar-refractivity contribution in [1.29, 1.82) is 0 Å². The average molecular weight is 283 g/mol. The first-order valence-electron chi connectivity index (χ1n) is 6.15. The maximum absolute atomic E-state index is 12.0. The van der Waals surface area contributed by atoms with E-state index in [9.17, 15) is 9.59 Å². The standard InChI is InChI=1S/C13H17NO4S/c1-13(2)7-8(5-6-18-13)14-11(15)9-3-4-10(19-9)12(16)17/h3-4,8H,5-7H2,1-2H3,(H,14,15)(H,16,17). The van der Waals surface area contributed by atoms with E-state index >= 15 is 0 Å². The van der Waals surface area contributed by atoms with Crippen molar-refractivity contribution in [2.45, 2.75) is 38.3 Å². The first-order chi connectivity index (χ1) is 8.87. The molecule has 1 amide bonds. The minimum Gasteiger partial charge on any atom is -0.477 e. The summed E-state index contributed by atoms with van der Waals surface area (Å²) in [5, 5.41) is 11.8. The van der Waals surface area contributed by atoms with E-state index in [4.69, 9.17) is 9.84 Å². The van der Waals surface area contributed by atoms with Crippen LogP contribution in [0.3, 0.4) is 0 Å². The predicted molar refractivity (Wildman–Crippen MR) is 71.8 cm³/mol. The molecule has 1 atom stereocenters. The molecule has 2 N–H and O–H groups in total. The molecule has 6 heteroatoms. The van der Waals surface area contributed by atoms with E-state index < -0.39 is 5.97 Å². The van der Waals surface area contributed by atoms with Gasteiger partial charge in [0.25, 0.3) is 5.91 Å². The molecule has 1 aliphatic heterocycles. The average Bonchev–Trinajstić information content (AvgIpc) is 2.76. The SMILES string of the molecule is CC1(C)CC(NC(=O)c2ccc(C(=O)O)s2)CCO1. The molecule has 0 radical (unpaired) electrons. The number of aromatic carboxylic acids is 1. The molecular formula is C13H17NO4S. The van der Waals surface area contributed by atoms with Crippen molar-refractivity contribution in [3.05, 3.63) is 21.9 Å². The number of rotatable bonds is 3. The third-order valence-electron chi connectivity index (χ3n) is 3.07. The number of carboxylic acid groups (broad SMARTS) is 1. The highest BCUT2D eigenvalue weighted by Crippen LogP contribution is 2.24. The van der Waals surface area contributed by atoms with Gasteiger partial charge in [0.05, 0.1) is 10.5 Å². The maximum Gasteiger partial charge on any atom is 0.345 e. The highest BCUT2D eigenvalue weighted by Gasteiger charge is 2.30. The van der Waals surface area contributed by atoms with Crippen molar-refractivity contribution in [1.82, 2.24) is 5.32 Å². The van der Waals surface area contributed by atoms with Crippen LogP contribution in [-0.2, 0) is 4.74 Å². The predicted octanol–water partition coefficient (Wildman–Crippen LogP) is 2.13. The highest BCUT2D eigenvalue weighted by molar-refractivity contribution is 7.15. The van der Waals surface area contributed by atoms with Crippen LogP contribution in [0.25, 0.3) is 0 Å². The zero-order chi connectivity index (χ0) is 14.0. The molecule has 1 aromatic rings. The van der Waals surface area contributed by atoms with Crippen molar-refractivity contribution in [3.8, 4) is 0 Å². The summed E-state index contributed by atoms with van der Waals surface area (Å²) in [6.45, 7) is 4.63. The quantitative estimate of drug-likeness (QED) is 0.891. The van der Waals surface area contributed by atoms with Crippen LogP contribution in [0.15, 0.2) is 12.1 Å². The van der Waals surface area contributed by atoms with E-state index in [-0.39, 0.29) is 22.4 Å². The molecule has 1 aliphatic rings. The monoisotopic (exact) mass is 283 g/mol. The Morgan fingerprint density at radius 3 is 2.68 bits per heavy atom. The lowest BCUT2D eigenvalue weighted by Crippen LogP contribution is -2.45. The summed E-state index contributed by atoms with van der Waals surface area (Å²) in [6, 6.07) is 3.08. The molecule has 5 nitrogen and oxygen atoms in total. The lowest BCUT2D eigenvalue weighted by molar-refractivity contribution is -0.0615. The van der Waals surface area contributed by atoms with Gasteiger partial charge in [0.2, 0.25) is 0 Å². The molecule has 0 bridgehead atoms. The summed E-state index contributed by atoms with van der Waals surface area (Å²) in [4.78, 5) is 23.4. The van der Waals surface area contributed by atoms with E-state index in [0.29, 0.717) is 11.5 Å². The van der Waals surface area contributed by atoms with Gasteiger partial charge >= 0.3 is 5.97 Å². The topological polar surface area (TPSA) is 75.6 Å². The number of thiophene rings is 1. The highest BCUT2D eigenvalue weighted by atomic mass is 32.1. The van der Waals surface area contributed by atoms with Gasteiger partial charge in [0.1, 0.15) is 4.88 Å². The van der Waals surface area contributed by atoms with Gasteiger partial charge < -0.3 is 15.2 Å². The first kappa shape index (κ1) is 14.0. The number of hydrogen-bond donors (Lipinski definition) is 2. The Bertz CT molecular complexity index is 495. The number of carboxylic acids is 1. The number of amides is 1. The summed E-state index contributed by atoms with van der Waals surface area (Å²) < 4.78 is 5.59. The second-order valence-electron chi connectivity index (χ2n) is 5.24. The van der Waals surface area contributed by atoms with Crippen LogP contribution < -0.4 is 5.32 Å². The third-order valence-corrected chi connectivity index (χ3v) is 4.14. The smallest absolute Gasteiger partial charge is 0.345 e. The van der Waals surface area contributed by atoms with Crippen LogP contribution in [0, 0.1) is 0 Å². The van der Waals surface area contributed by atoms with Gasteiger partial charge in [0.15, 0.2) is 0 Å². The number of nitrogens with one attached hydrogen (secondary N) is 1. The van der Waals surface area contributed by atoms with Crippen molar-refractivity contribution in [2.24, 2.45) is 0 Å². The molecule has 0 aliphatic carbocycles. The molecule has 1 fully saturated rings. The fourth-order valence-corrected chi connectivity index (χ4v) is 2.93. The Morgan fingerprint density at radius 1 is 1.42 bits per heavy atom. The zero-order valence-corrected chi connectivity index (χ0v) is 11.8. The van der Waals surface area contributed by atoms with Crippen molar-refractivity contribution in [3.63, 3.8) is 0 Å². The van der Waals surface area contributed by atoms with Gasteiger partial charge in [-0.25, -0.2) is 4.79 Å². The molecule has 0 saturated carbocycles. The van der Waals surface area contributed by atoms with Crippen molar-refractivity contribution >= 4 is 23.2 Å². The van der Waals surface area contributed by atoms with Crippen LogP contribution in [-0.4, -0.2) is 35.2 Å². The van der Waals surface area contributed by atoms with Gasteiger partial charge in [-0.2, -0.15) is 0 Å². The van der Waals surface area contributed by atoms with Crippen molar-refractivity contribution < 1.29 is 19.4 Å². The molecule has 19 heavy (non-hydrogen) atoms. The summed E-state index contributed by atoms with van der Waals surface area (Å²) in [5.74, 6) is -1.21. The Kier molecular flexibility index (Phi) is 3.91. The van der Waals surface area contributed by atoms with Gasteiger partial charge in [-0.15, -0.1) is 11.3 Å². The Hall–Kier alpha value is -1.40. The molecule has 1 aromatic heterocycles. The Balaban J connectivity index is 1.98. The van der Waals surface area contributed by atoms with E-state index in [1.54, 1.807) is 6.07 Å². The van der Waals surface area contributed by atoms with E-state index in [1.165, 1.54) is 6.07 Å². The van der Waals surface area contributed by atoms with Gasteiger partial charge in [-0.05, 0) is 38.8 Å². The molecule has 2 rings (SSSR count). The lowest BCUT2D eigenvalue weighted by atomic mass is 9.94. The maximum atomic E-state index is 12.0. The van der Waals surface area contributed by atoms with Crippen LogP contribution in [0.5, 0.6) is 0 Å². The summed E-state index contributed by atoms with van der Waals surface area (Å²) in [7, 11) is 0. The van der Waals surface area contributed by atoms with Crippen molar-refractivity contribution in [2.75, 3.05) is 6.61 Å². The number of hydrogen-bond acceptors (Lipinski definition) is 4. The normalized spacial score (nSPS) is 21.9. The van der Waals surface area contributed by atoms with E-state index in [1.807, 2.05) is 13.8 Å².